The third kappa shape index (κ3) is 3.48. The van der Waals surface area contributed by atoms with Crippen LogP contribution in [-0.2, 0) is 0 Å². The maximum Gasteiger partial charge on any atom is 0.159 e. The molecule has 0 radical (unpaired) electrons. The van der Waals surface area contributed by atoms with Gasteiger partial charge in [-0.15, -0.1) is 0 Å². The van der Waals surface area contributed by atoms with Gasteiger partial charge in [-0.3, -0.25) is 4.79 Å². The third-order valence-corrected chi connectivity index (χ3v) is 3.00. The summed E-state index contributed by atoms with van der Waals surface area (Å²) in [5, 5.41) is 19.8. The topological polar surface area (TPSA) is 66.8 Å². The second-order valence-electron chi connectivity index (χ2n) is 4.04. The van der Waals surface area contributed by atoms with Crippen LogP contribution in [0.15, 0.2) is 18.2 Å². The summed E-state index contributed by atoms with van der Waals surface area (Å²) in [7, 11) is 1.48. The van der Waals surface area contributed by atoms with E-state index in [4.69, 9.17) is 4.74 Å². The number of methoxy groups -OCH3 is 1. The number of thiol groups is 1. The normalized spacial score (nSPS) is 14.1. The van der Waals surface area contributed by atoms with Gasteiger partial charge in [0.05, 0.1) is 13.2 Å². The molecular formula is C13H18O4S. The largest absolute Gasteiger partial charge is 0.496 e. The monoisotopic (exact) mass is 270 g/mol. The van der Waals surface area contributed by atoms with Gasteiger partial charge in [0.2, 0.25) is 0 Å². The Kier molecular flexibility index (Phi) is 5.65. The highest BCUT2D eigenvalue weighted by Gasteiger charge is 2.22. The van der Waals surface area contributed by atoms with Crippen LogP contribution in [0.4, 0.5) is 0 Å². The quantitative estimate of drug-likeness (QED) is 0.543. The predicted molar refractivity (Wildman–Crippen MR) is 72.4 cm³/mol. The van der Waals surface area contributed by atoms with Crippen LogP contribution < -0.4 is 4.74 Å². The van der Waals surface area contributed by atoms with E-state index in [-0.39, 0.29) is 5.78 Å². The number of rotatable bonds is 6. The Morgan fingerprint density at radius 1 is 1.44 bits per heavy atom. The molecule has 0 saturated heterocycles. The van der Waals surface area contributed by atoms with Crippen LogP contribution >= 0.6 is 12.6 Å². The summed E-state index contributed by atoms with van der Waals surface area (Å²) >= 11 is 4.01. The molecule has 2 atom stereocenters. The van der Waals surface area contributed by atoms with Crippen LogP contribution in [0.3, 0.4) is 0 Å². The lowest BCUT2D eigenvalue weighted by Gasteiger charge is -2.20. The highest BCUT2D eigenvalue weighted by Crippen LogP contribution is 2.29. The van der Waals surface area contributed by atoms with Crippen molar-refractivity contribution in [3.63, 3.8) is 0 Å². The van der Waals surface area contributed by atoms with Gasteiger partial charge in [-0.25, -0.2) is 0 Å². The van der Waals surface area contributed by atoms with Gasteiger partial charge in [0.1, 0.15) is 11.9 Å². The summed E-state index contributed by atoms with van der Waals surface area (Å²) in [6.07, 6.45) is -1.66. The third-order valence-electron chi connectivity index (χ3n) is 2.74. The molecule has 2 unspecified atom stereocenters. The fourth-order valence-electron chi connectivity index (χ4n) is 1.68. The van der Waals surface area contributed by atoms with Crippen LogP contribution in [0.2, 0.25) is 0 Å². The molecule has 1 rings (SSSR count). The van der Waals surface area contributed by atoms with Crippen molar-refractivity contribution in [2.24, 2.45) is 0 Å². The highest BCUT2D eigenvalue weighted by molar-refractivity contribution is 7.80. The van der Waals surface area contributed by atoms with E-state index in [1.54, 1.807) is 18.2 Å². The zero-order valence-corrected chi connectivity index (χ0v) is 11.4. The van der Waals surface area contributed by atoms with Crippen molar-refractivity contribution >= 4 is 18.4 Å². The Morgan fingerprint density at radius 3 is 2.61 bits per heavy atom. The highest BCUT2D eigenvalue weighted by atomic mass is 32.1. The van der Waals surface area contributed by atoms with Crippen molar-refractivity contribution in [2.45, 2.75) is 25.6 Å². The van der Waals surface area contributed by atoms with Crippen molar-refractivity contribution in [1.29, 1.82) is 0 Å². The summed E-state index contributed by atoms with van der Waals surface area (Å²) < 4.78 is 5.13. The lowest BCUT2D eigenvalue weighted by atomic mass is 9.98. The minimum absolute atomic E-state index is 0.102. The molecule has 0 aromatic heterocycles. The molecule has 0 amide bonds. The minimum Gasteiger partial charge on any atom is -0.496 e. The van der Waals surface area contributed by atoms with E-state index in [1.807, 2.05) is 0 Å². The second-order valence-corrected chi connectivity index (χ2v) is 4.48. The molecule has 0 fully saturated rings. The summed E-state index contributed by atoms with van der Waals surface area (Å²) in [5.74, 6) is 0.813. The SMILES string of the molecule is COc1ccc(C(C)=O)cc1C(O)C(O)CCS. The van der Waals surface area contributed by atoms with Gasteiger partial charge < -0.3 is 14.9 Å². The zero-order chi connectivity index (χ0) is 13.7. The first kappa shape index (κ1) is 15.0. The average Bonchev–Trinajstić information content (AvgIpc) is 2.37. The minimum atomic E-state index is -1.09. The van der Waals surface area contributed by atoms with Gasteiger partial charge in [-0.05, 0) is 37.3 Å². The van der Waals surface area contributed by atoms with E-state index in [0.717, 1.165) is 0 Å². The van der Waals surface area contributed by atoms with E-state index < -0.39 is 12.2 Å². The number of aliphatic hydroxyl groups is 2. The number of hydrogen-bond donors (Lipinski definition) is 3. The maximum atomic E-state index is 11.3. The molecule has 0 bridgehead atoms. The van der Waals surface area contributed by atoms with Gasteiger partial charge in [0.15, 0.2) is 5.78 Å². The van der Waals surface area contributed by atoms with Crippen molar-refractivity contribution in [3.8, 4) is 5.75 Å². The summed E-state index contributed by atoms with van der Waals surface area (Å²) in [4.78, 5) is 11.3. The zero-order valence-electron chi connectivity index (χ0n) is 10.5. The summed E-state index contributed by atoms with van der Waals surface area (Å²) in [5.41, 5.74) is 0.891. The van der Waals surface area contributed by atoms with Crippen LogP contribution in [0.1, 0.15) is 35.4 Å². The van der Waals surface area contributed by atoms with Gasteiger partial charge in [0.25, 0.3) is 0 Å². The van der Waals surface area contributed by atoms with Crippen molar-refractivity contribution in [3.05, 3.63) is 29.3 Å². The first-order valence-corrected chi connectivity index (χ1v) is 6.30. The van der Waals surface area contributed by atoms with Crippen molar-refractivity contribution < 1.29 is 19.7 Å². The van der Waals surface area contributed by atoms with E-state index in [0.29, 0.717) is 29.1 Å². The number of carbonyl (C=O) groups is 1. The van der Waals surface area contributed by atoms with E-state index >= 15 is 0 Å². The molecule has 1 aromatic carbocycles. The maximum absolute atomic E-state index is 11.3. The Bertz CT molecular complexity index is 419. The Balaban J connectivity index is 3.10. The fraction of sp³-hybridized carbons (Fsp3) is 0.462. The second kappa shape index (κ2) is 6.78. The summed E-state index contributed by atoms with van der Waals surface area (Å²) in [6, 6.07) is 4.79. The lowest BCUT2D eigenvalue weighted by molar-refractivity contribution is 0.0158. The molecule has 4 nitrogen and oxygen atoms in total. The molecular weight excluding hydrogens is 252 g/mol. The standard InChI is InChI=1S/C13H18O4S/c1-8(14)9-3-4-12(17-2)10(7-9)13(16)11(15)5-6-18/h3-4,7,11,13,15-16,18H,5-6H2,1-2H3. The van der Waals surface area contributed by atoms with Gasteiger partial charge in [-0.2, -0.15) is 12.6 Å². The molecule has 0 spiro atoms. The smallest absolute Gasteiger partial charge is 0.159 e. The molecule has 1 aromatic rings. The van der Waals surface area contributed by atoms with Crippen LogP contribution in [0.5, 0.6) is 5.75 Å². The molecule has 0 saturated carbocycles. The molecule has 0 heterocycles. The van der Waals surface area contributed by atoms with Gasteiger partial charge in [0, 0.05) is 11.1 Å². The van der Waals surface area contributed by atoms with E-state index in [9.17, 15) is 15.0 Å². The first-order chi connectivity index (χ1) is 8.51. The number of ketones is 1. The number of aliphatic hydroxyl groups excluding tert-OH is 2. The van der Waals surface area contributed by atoms with Crippen LogP contribution in [-0.4, -0.2) is 35.0 Å². The Labute approximate surface area is 112 Å². The lowest BCUT2D eigenvalue weighted by Crippen LogP contribution is -2.19. The van der Waals surface area contributed by atoms with Gasteiger partial charge >= 0.3 is 0 Å². The molecule has 5 heteroatoms. The van der Waals surface area contributed by atoms with Crippen molar-refractivity contribution in [2.75, 3.05) is 12.9 Å². The number of carbonyl (C=O) groups excluding carboxylic acids is 1. The van der Waals surface area contributed by atoms with Gasteiger partial charge in [-0.1, -0.05) is 0 Å². The first-order valence-electron chi connectivity index (χ1n) is 5.67. The number of ether oxygens (including phenoxy) is 1. The molecule has 0 aliphatic heterocycles. The molecule has 0 aliphatic rings. The molecule has 2 N–H and O–H groups in total. The number of benzene rings is 1. The van der Waals surface area contributed by atoms with Crippen molar-refractivity contribution in [1.82, 2.24) is 0 Å². The summed E-state index contributed by atoms with van der Waals surface area (Å²) in [6.45, 7) is 1.45. The van der Waals surface area contributed by atoms with Crippen LogP contribution in [0, 0.1) is 0 Å². The average molecular weight is 270 g/mol. The number of hydrogen-bond acceptors (Lipinski definition) is 5. The number of Topliss-reactive ketones (excluding diaryl/α,β-unsaturated/α-hetero) is 1. The fourth-order valence-corrected chi connectivity index (χ4v) is 1.95. The van der Waals surface area contributed by atoms with E-state index in [1.165, 1.54) is 14.0 Å². The molecule has 100 valence electrons. The van der Waals surface area contributed by atoms with Crippen LogP contribution in [0.25, 0.3) is 0 Å². The molecule has 0 aliphatic carbocycles. The van der Waals surface area contributed by atoms with E-state index in [2.05, 4.69) is 12.6 Å². The Morgan fingerprint density at radius 2 is 2.11 bits per heavy atom. The Hall–Kier alpha value is -1.04. The predicted octanol–water partition coefficient (Wildman–Crippen LogP) is 1.61. The molecule has 18 heavy (non-hydrogen) atoms.